The first kappa shape index (κ1) is 14.2. The molecule has 5 heteroatoms. The van der Waals surface area contributed by atoms with E-state index in [4.69, 9.17) is 9.84 Å². The molecule has 1 aromatic heterocycles. The molecular weight excluding hydrogens is 238 g/mol. The van der Waals surface area contributed by atoms with E-state index in [1.54, 1.807) is 11.3 Å². The van der Waals surface area contributed by atoms with Crippen LogP contribution in [0.1, 0.15) is 18.2 Å². The van der Waals surface area contributed by atoms with Crippen molar-refractivity contribution in [2.45, 2.75) is 26.0 Å². The number of nitrogens with zero attached hydrogens (tertiary/aromatic N) is 1. The zero-order valence-electron chi connectivity index (χ0n) is 10.3. The average Bonchev–Trinajstić information content (AvgIpc) is 2.76. The molecule has 1 heterocycles. The third-order valence-corrected chi connectivity index (χ3v) is 3.28. The number of hydrogen-bond donors (Lipinski definition) is 1. The molecule has 0 saturated carbocycles. The molecule has 0 saturated heterocycles. The van der Waals surface area contributed by atoms with Gasteiger partial charge in [-0.15, -0.1) is 11.3 Å². The summed E-state index contributed by atoms with van der Waals surface area (Å²) >= 11 is 1.71. The molecule has 0 amide bonds. The topological polar surface area (TPSA) is 49.8 Å². The van der Waals surface area contributed by atoms with Gasteiger partial charge in [0.25, 0.3) is 0 Å². The van der Waals surface area contributed by atoms with Gasteiger partial charge >= 0.3 is 5.97 Å². The Bertz CT molecular complexity index is 327. The average molecular weight is 257 g/mol. The lowest BCUT2D eigenvalue weighted by Crippen LogP contribution is -2.29. The van der Waals surface area contributed by atoms with Gasteiger partial charge in [0, 0.05) is 24.6 Å². The SMILES string of the molecule is CCOC(CCN(C)Cc1cccs1)C(=O)O. The Balaban J connectivity index is 2.30. The predicted molar refractivity (Wildman–Crippen MR) is 68.3 cm³/mol. The maximum absolute atomic E-state index is 10.9. The Hall–Kier alpha value is -0.910. The molecule has 0 aromatic carbocycles. The lowest BCUT2D eigenvalue weighted by atomic mass is 10.2. The van der Waals surface area contributed by atoms with Crippen LogP contribution in [0.2, 0.25) is 0 Å². The highest BCUT2D eigenvalue weighted by Gasteiger charge is 2.17. The van der Waals surface area contributed by atoms with Crippen molar-refractivity contribution >= 4 is 17.3 Å². The van der Waals surface area contributed by atoms with Crippen LogP contribution in [0.15, 0.2) is 17.5 Å². The highest BCUT2D eigenvalue weighted by molar-refractivity contribution is 7.09. The van der Waals surface area contributed by atoms with Crippen LogP contribution >= 0.6 is 11.3 Å². The quantitative estimate of drug-likeness (QED) is 0.774. The van der Waals surface area contributed by atoms with Crippen molar-refractivity contribution in [2.24, 2.45) is 0 Å². The smallest absolute Gasteiger partial charge is 0.332 e. The van der Waals surface area contributed by atoms with Crippen molar-refractivity contribution in [3.63, 3.8) is 0 Å². The van der Waals surface area contributed by atoms with E-state index in [1.165, 1.54) is 4.88 Å². The first-order valence-corrected chi connectivity index (χ1v) is 6.56. The fraction of sp³-hybridized carbons (Fsp3) is 0.583. The third kappa shape index (κ3) is 5.30. The van der Waals surface area contributed by atoms with Gasteiger partial charge in [0.15, 0.2) is 6.10 Å². The summed E-state index contributed by atoms with van der Waals surface area (Å²) in [6, 6.07) is 4.10. The summed E-state index contributed by atoms with van der Waals surface area (Å²) in [6.45, 7) is 3.82. The van der Waals surface area contributed by atoms with Crippen LogP contribution in [0.25, 0.3) is 0 Å². The van der Waals surface area contributed by atoms with E-state index in [0.717, 1.165) is 13.1 Å². The van der Waals surface area contributed by atoms with Crippen LogP contribution in [0.3, 0.4) is 0 Å². The zero-order valence-corrected chi connectivity index (χ0v) is 11.1. The largest absolute Gasteiger partial charge is 0.479 e. The summed E-state index contributed by atoms with van der Waals surface area (Å²) in [6.07, 6.45) is -0.170. The number of aliphatic carboxylic acids is 1. The van der Waals surface area contributed by atoms with E-state index in [0.29, 0.717) is 13.0 Å². The Morgan fingerprint density at radius 1 is 1.65 bits per heavy atom. The van der Waals surface area contributed by atoms with Gasteiger partial charge in [0.1, 0.15) is 0 Å². The summed E-state index contributed by atoms with van der Waals surface area (Å²) in [5, 5.41) is 11.0. The Labute approximate surface area is 106 Å². The van der Waals surface area contributed by atoms with Gasteiger partial charge in [0.2, 0.25) is 0 Å². The van der Waals surface area contributed by atoms with Gasteiger partial charge in [-0.2, -0.15) is 0 Å². The molecule has 0 aliphatic rings. The van der Waals surface area contributed by atoms with Crippen LogP contribution < -0.4 is 0 Å². The van der Waals surface area contributed by atoms with Crippen LogP contribution in [-0.2, 0) is 16.1 Å². The van der Waals surface area contributed by atoms with E-state index in [1.807, 2.05) is 25.4 Å². The van der Waals surface area contributed by atoms with Gasteiger partial charge in [0.05, 0.1) is 0 Å². The molecule has 1 aromatic rings. The fourth-order valence-electron chi connectivity index (χ4n) is 1.56. The summed E-state index contributed by atoms with van der Waals surface area (Å²) in [7, 11) is 1.99. The molecule has 1 rings (SSSR count). The van der Waals surface area contributed by atoms with Crippen molar-refractivity contribution in [1.82, 2.24) is 4.90 Å². The zero-order chi connectivity index (χ0) is 12.7. The summed E-state index contributed by atoms with van der Waals surface area (Å²) in [5.41, 5.74) is 0. The molecule has 0 aliphatic heterocycles. The van der Waals surface area contributed by atoms with Crippen LogP contribution in [0.4, 0.5) is 0 Å². The van der Waals surface area contributed by atoms with Gasteiger partial charge in [-0.25, -0.2) is 4.79 Å². The number of thiophene rings is 1. The van der Waals surface area contributed by atoms with Crippen molar-refractivity contribution < 1.29 is 14.6 Å². The highest BCUT2D eigenvalue weighted by Crippen LogP contribution is 2.11. The Kier molecular flexibility index (Phi) is 6.18. The molecule has 1 N–H and O–H groups in total. The van der Waals surface area contributed by atoms with Gasteiger partial charge < -0.3 is 14.7 Å². The molecule has 0 radical (unpaired) electrons. The predicted octanol–water partition coefficient (Wildman–Crippen LogP) is 2.06. The van der Waals surface area contributed by atoms with Crippen LogP contribution in [-0.4, -0.2) is 42.3 Å². The highest BCUT2D eigenvalue weighted by atomic mass is 32.1. The third-order valence-electron chi connectivity index (χ3n) is 2.42. The molecule has 1 unspecified atom stereocenters. The van der Waals surface area contributed by atoms with Gasteiger partial charge in [-0.3, -0.25) is 0 Å². The van der Waals surface area contributed by atoms with Crippen molar-refractivity contribution in [3.05, 3.63) is 22.4 Å². The summed E-state index contributed by atoms with van der Waals surface area (Å²) in [5.74, 6) is -0.878. The number of hydrogen-bond acceptors (Lipinski definition) is 4. The molecule has 4 nitrogen and oxygen atoms in total. The molecular formula is C12H19NO3S. The normalized spacial score (nSPS) is 12.9. The van der Waals surface area contributed by atoms with Crippen molar-refractivity contribution in [1.29, 1.82) is 0 Å². The first-order chi connectivity index (χ1) is 8.13. The first-order valence-electron chi connectivity index (χ1n) is 5.68. The van der Waals surface area contributed by atoms with Gasteiger partial charge in [-0.1, -0.05) is 6.07 Å². The number of ether oxygens (including phenoxy) is 1. The van der Waals surface area contributed by atoms with E-state index in [9.17, 15) is 4.79 Å². The molecule has 1 atom stereocenters. The van der Waals surface area contributed by atoms with Crippen molar-refractivity contribution in [2.75, 3.05) is 20.2 Å². The van der Waals surface area contributed by atoms with E-state index in [2.05, 4.69) is 11.0 Å². The standard InChI is InChI=1S/C12H19NO3S/c1-3-16-11(12(14)15)6-7-13(2)9-10-5-4-8-17-10/h4-5,8,11H,3,6-7,9H2,1-2H3,(H,14,15). The minimum atomic E-state index is -0.878. The molecule has 0 fully saturated rings. The summed E-state index contributed by atoms with van der Waals surface area (Å²) < 4.78 is 5.17. The number of carboxylic acid groups (broad SMARTS) is 1. The van der Waals surface area contributed by atoms with Crippen molar-refractivity contribution in [3.8, 4) is 0 Å². The minimum absolute atomic E-state index is 0.436. The molecule has 96 valence electrons. The summed E-state index contributed by atoms with van der Waals surface area (Å²) in [4.78, 5) is 14.3. The molecule has 0 aliphatic carbocycles. The monoisotopic (exact) mass is 257 g/mol. The molecule has 17 heavy (non-hydrogen) atoms. The van der Waals surface area contributed by atoms with E-state index in [-0.39, 0.29) is 0 Å². The lowest BCUT2D eigenvalue weighted by Gasteiger charge is -2.18. The number of carbonyl (C=O) groups is 1. The number of carboxylic acids is 1. The minimum Gasteiger partial charge on any atom is -0.479 e. The molecule has 0 bridgehead atoms. The number of rotatable bonds is 8. The van der Waals surface area contributed by atoms with E-state index < -0.39 is 12.1 Å². The fourth-order valence-corrected chi connectivity index (χ4v) is 2.35. The lowest BCUT2D eigenvalue weighted by molar-refractivity contribution is -0.150. The Morgan fingerprint density at radius 3 is 2.94 bits per heavy atom. The van der Waals surface area contributed by atoms with Gasteiger partial charge in [-0.05, 0) is 31.8 Å². The van der Waals surface area contributed by atoms with E-state index >= 15 is 0 Å². The Morgan fingerprint density at radius 2 is 2.41 bits per heavy atom. The van der Waals surface area contributed by atoms with Crippen LogP contribution in [0.5, 0.6) is 0 Å². The second-order valence-electron chi connectivity index (χ2n) is 3.89. The second kappa shape index (κ2) is 7.42. The maximum Gasteiger partial charge on any atom is 0.332 e. The van der Waals surface area contributed by atoms with Crippen LogP contribution in [0, 0.1) is 0 Å². The maximum atomic E-state index is 10.9. The molecule has 0 spiro atoms. The second-order valence-corrected chi connectivity index (χ2v) is 4.92.